The number of benzene rings is 3. The third-order valence-electron chi connectivity index (χ3n) is 5.77. The molecule has 1 aliphatic heterocycles. The summed E-state index contributed by atoms with van der Waals surface area (Å²) < 4.78 is 1.10. The average molecular weight is 508 g/mol. The Hall–Kier alpha value is -3.03. The first-order chi connectivity index (χ1) is 16.2. The van der Waals surface area contributed by atoms with E-state index in [2.05, 4.69) is 72.9 Å². The highest BCUT2D eigenvalue weighted by Gasteiger charge is 2.17. The van der Waals surface area contributed by atoms with Crippen LogP contribution in [0.2, 0.25) is 0 Å². The Bertz CT molecular complexity index is 992. The summed E-state index contributed by atoms with van der Waals surface area (Å²) in [6.07, 6.45) is 0. The van der Waals surface area contributed by atoms with Crippen LogP contribution in [0.25, 0.3) is 0 Å². The molecule has 1 aliphatic rings. The van der Waals surface area contributed by atoms with Crippen molar-refractivity contribution in [2.24, 2.45) is 0 Å². The van der Waals surface area contributed by atoms with Gasteiger partial charge in [-0.05, 0) is 42.0 Å². The van der Waals surface area contributed by atoms with Gasteiger partial charge < -0.3 is 10.2 Å². The minimum absolute atomic E-state index is 0.191. The van der Waals surface area contributed by atoms with E-state index in [0.717, 1.165) is 48.4 Å². The number of hydrogen-bond donors (Lipinski definition) is 2. The number of halogens is 1. The van der Waals surface area contributed by atoms with E-state index in [0.29, 0.717) is 13.1 Å². The van der Waals surface area contributed by atoms with E-state index in [1.165, 1.54) is 5.69 Å². The van der Waals surface area contributed by atoms with Crippen molar-refractivity contribution in [3.8, 4) is 0 Å². The summed E-state index contributed by atoms with van der Waals surface area (Å²) >= 11 is 3.49. The summed E-state index contributed by atoms with van der Waals surface area (Å²) in [6, 6.07) is 28.3. The molecule has 0 atom stereocenters. The van der Waals surface area contributed by atoms with Gasteiger partial charge in [0.1, 0.15) is 0 Å². The summed E-state index contributed by atoms with van der Waals surface area (Å²) in [5.41, 5.74) is 6.34. The largest absolute Gasteiger partial charge is 0.369 e. The molecule has 4 rings (SSSR count). The van der Waals surface area contributed by atoms with Gasteiger partial charge in [0.25, 0.3) is 0 Å². The predicted octanol–water partition coefficient (Wildman–Crippen LogP) is 4.49. The molecule has 0 aromatic heterocycles. The molecule has 1 heterocycles. The van der Waals surface area contributed by atoms with Crippen molar-refractivity contribution in [3.05, 3.63) is 95.0 Å². The number of rotatable bonds is 8. The first kappa shape index (κ1) is 23.1. The van der Waals surface area contributed by atoms with Crippen molar-refractivity contribution in [2.45, 2.75) is 6.54 Å². The number of anilines is 2. The minimum Gasteiger partial charge on any atom is -0.369 e. The topological polar surface area (TPSA) is 50.9 Å². The Morgan fingerprint density at radius 3 is 2.15 bits per heavy atom. The predicted molar refractivity (Wildman–Crippen MR) is 138 cm³/mol. The van der Waals surface area contributed by atoms with Crippen LogP contribution < -0.4 is 20.7 Å². The van der Waals surface area contributed by atoms with Gasteiger partial charge in [-0.3, -0.25) is 9.91 Å². The molecule has 3 aromatic rings. The first-order valence-electron chi connectivity index (χ1n) is 11.3. The summed E-state index contributed by atoms with van der Waals surface area (Å²) in [5, 5.41) is 4.89. The van der Waals surface area contributed by atoms with Gasteiger partial charge in [-0.2, -0.15) is 0 Å². The van der Waals surface area contributed by atoms with Crippen molar-refractivity contribution in [3.63, 3.8) is 0 Å². The molecule has 1 fully saturated rings. The minimum atomic E-state index is -0.191. The molecule has 2 N–H and O–H groups in total. The van der Waals surface area contributed by atoms with Crippen molar-refractivity contribution >= 4 is 33.3 Å². The monoisotopic (exact) mass is 507 g/mol. The van der Waals surface area contributed by atoms with E-state index in [1.54, 1.807) is 0 Å². The zero-order valence-corrected chi connectivity index (χ0v) is 20.2. The first-order valence-corrected chi connectivity index (χ1v) is 12.1. The molecule has 0 unspecified atom stereocenters. The number of piperazine rings is 1. The van der Waals surface area contributed by atoms with Gasteiger partial charge in [-0.25, -0.2) is 10.2 Å². The Morgan fingerprint density at radius 1 is 0.848 bits per heavy atom. The fraction of sp³-hybridized carbons (Fsp3) is 0.269. The second-order valence-electron chi connectivity index (χ2n) is 8.08. The highest BCUT2D eigenvalue weighted by molar-refractivity contribution is 9.10. The van der Waals surface area contributed by atoms with E-state index in [9.17, 15) is 4.79 Å². The van der Waals surface area contributed by atoms with Crippen LogP contribution in [0.3, 0.4) is 0 Å². The lowest BCUT2D eigenvalue weighted by molar-refractivity contribution is 0.231. The van der Waals surface area contributed by atoms with Crippen LogP contribution in [-0.2, 0) is 6.54 Å². The number of nitrogens with one attached hydrogen (secondary N) is 2. The van der Waals surface area contributed by atoms with Gasteiger partial charge in [0.15, 0.2) is 0 Å². The van der Waals surface area contributed by atoms with Crippen LogP contribution in [-0.4, -0.2) is 50.2 Å². The summed E-state index contributed by atoms with van der Waals surface area (Å²) in [7, 11) is 0. The summed E-state index contributed by atoms with van der Waals surface area (Å²) in [6.45, 7) is 6.01. The van der Waals surface area contributed by atoms with Crippen molar-refractivity contribution in [1.82, 2.24) is 15.6 Å². The molecule has 0 radical (unpaired) electrons. The van der Waals surface area contributed by atoms with Gasteiger partial charge in [0.2, 0.25) is 0 Å². The van der Waals surface area contributed by atoms with Crippen LogP contribution in [0, 0.1) is 0 Å². The zero-order chi connectivity index (χ0) is 22.9. The SMILES string of the molecule is O=C(NCCN1CCN(c2ccc(Br)cc2)CC1)NN(Cc1ccccc1)c1ccccc1. The van der Waals surface area contributed by atoms with Crippen molar-refractivity contribution < 1.29 is 4.79 Å². The van der Waals surface area contributed by atoms with Gasteiger partial charge in [-0.15, -0.1) is 0 Å². The normalized spacial score (nSPS) is 14.0. The maximum absolute atomic E-state index is 12.6. The fourth-order valence-corrected chi connectivity index (χ4v) is 4.20. The summed E-state index contributed by atoms with van der Waals surface area (Å²) in [5.74, 6) is 0. The molecule has 0 saturated carbocycles. The number of para-hydroxylation sites is 1. The van der Waals surface area contributed by atoms with E-state index in [1.807, 2.05) is 53.5 Å². The molecular formula is C26H30BrN5O. The van der Waals surface area contributed by atoms with Crippen LogP contribution in [0.4, 0.5) is 16.2 Å². The molecule has 7 heteroatoms. The molecular weight excluding hydrogens is 478 g/mol. The van der Waals surface area contributed by atoms with Crippen molar-refractivity contribution in [1.29, 1.82) is 0 Å². The molecule has 6 nitrogen and oxygen atoms in total. The molecule has 33 heavy (non-hydrogen) atoms. The summed E-state index contributed by atoms with van der Waals surface area (Å²) in [4.78, 5) is 17.4. The highest BCUT2D eigenvalue weighted by atomic mass is 79.9. The number of nitrogens with zero attached hydrogens (tertiary/aromatic N) is 3. The third kappa shape index (κ3) is 6.97. The number of amides is 2. The molecule has 0 bridgehead atoms. The van der Waals surface area contributed by atoms with Crippen LogP contribution in [0.5, 0.6) is 0 Å². The van der Waals surface area contributed by atoms with Crippen LogP contribution in [0.1, 0.15) is 5.56 Å². The van der Waals surface area contributed by atoms with Crippen molar-refractivity contribution in [2.75, 3.05) is 49.2 Å². The van der Waals surface area contributed by atoms with Crippen LogP contribution >= 0.6 is 15.9 Å². The smallest absolute Gasteiger partial charge is 0.333 e. The quantitative estimate of drug-likeness (QED) is 0.441. The average Bonchev–Trinajstić information content (AvgIpc) is 2.86. The standard InChI is InChI=1S/C26H30BrN5O/c27-23-11-13-24(14-12-23)31-19-17-30(18-20-31)16-15-28-26(33)29-32(25-9-5-2-6-10-25)21-22-7-3-1-4-8-22/h1-14H,15-21H2,(H2,28,29,33). The van der Waals surface area contributed by atoms with Gasteiger partial charge in [-0.1, -0.05) is 64.5 Å². The van der Waals surface area contributed by atoms with Gasteiger partial charge in [0, 0.05) is 49.4 Å². The Kier molecular flexibility index (Phi) is 8.22. The maximum atomic E-state index is 12.6. The number of urea groups is 1. The van der Waals surface area contributed by atoms with E-state index < -0.39 is 0 Å². The second kappa shape index (κ2) is 11.7. The lowest BCUT2D eigenvalue weighted by atomic mass is 10.2. The molecule has 0 aliphatic carbocycles. The third-order valence-corrected chi connectivity index (χ3v) is 6.29. The number of hydrogen-bond acceptors (Lipinski definition) is 4. The Morgan fingerprint density at radius 2 is 1.48 bits per heavy atom. The second-order valence-corrected chi connectivity index (χ2v) is 9.00. The van der Waals surface area contributed by atoms with E-state index in [-0.39, 0.29) is 6.03 Å². The lowest BCUT2D eigenvalue weighted by Gasteiger charge is -2.36. The molecule has 1 saturated heterocycles. The Labute approximate surface area is 204 Å². The lowest BCUT2D eigenvalue weighted by Crippen LogP contribution is -2.51. The van der Waals surface area contributed by atoms with Crippen LogP contribution in [0.15, 0.2) is 89.4 Å². The maximum Gasteiger partial charge on any atom is 0.333 e. The molecule has 0 spiro atoms. The van der Waals surface area contributed by atoms with E-state index in [4.69, 9.17) is 0 Å². The highest BCUT2D eigenvalue weighted by Crippen LogP contribution is 2.19. The number of carbonyl (C=O) groups is 1. The zero-order valence-electron chi connectivity index (χ0n) is 18.7. The van der Waals surface area contributed by atoms with Gasteiger partial charge >= 0.3 is 6.03 Å². The molecule has 172 valence electrons. The molecule has 2 amide bonds. The molecule has 3 aromatic carbocycles. The number of carbonyl (C=O) groups excluding carboxylic acids is 1. The Balaban J connectivity index is 1.23. The fourth-order valence-electron chi connectivity index (χ4n) is 3.94. The van der Waals surface area contributed by atoms with Gasteiger partial charge in [0.05, 0.1) is 12.2 Å². The number of hydrazine groups is 1. The van der Waals surface area contributed by atoms with E-state index >= 15 is 0 Å².